The highest BCUT2D eigenvalue weighted by Gasteiger charge is 2.27. The van der Waals surface area contributed by atoms with Crippen molar-refractivity contribution in [3.05, 3.63) is 61.6 Å². The van der Waals surface area contributed by atoms with E-state index in [0.717, 1.165) is 21.8 Å². The molecular weight excluding hydrogens is 450 g/mol. The number of aromatic nitrogens is 2. The zero-order valence-corrected chi connectivity index (χ0v) is 19.3. The average Bonchev–Trinajstić information content (AvgIpc) is 3.16. The SMILES string of the molecule is CCOC(=O)N1CCc2c(sc3[nH]c(=S)n(NN/C=C/c4ccc(OC)cc4)c(=O)c23)C1. The van der Waals surface area contributed by atoms with Crippen LogP contribution < -0.4 is 21.3 Å². The summed E-state index contributed by atoms with van der Waals surface area (Å²) in [6.45, 7) is 3.04. The number of methoxy groups -OCH3 is 1. The fourth-order valence-corrected chi connectivity index (χ4v) is 5.05. The molecule has 0 aliphatic carbocycles. The number of hydrogen-bond acceptors (Lipinski definition) is 8. The molecule has 4 rings (SSSR count). The number of ether oxygens (including phenoxy) is 2. The molecule has 0 saturated carbocycles. The molecule has 0 spiro atoms. The molecule has 11 heteroatoms. The second-order valence-corrected chi connectivity index (χ2v) is 8.50. The maximum Gasteiger partial charge on any atom is 0.410 e. The first-order chi connectivity index (χ1) is 15.5. The van der Waals surface area contributed by atoms with Gasteiger partial charge < -0.3 is 19.4 Å². The lowest BCUT2D eigenvalue weighted by Crippen LogP contribution is -2.37. The van der Waals surface area contributed by atoms with Gasteiger partial charge in [-0.1, -0.05) is 12.1 Å². The standard InChI is InChI=1S/C21H23N5O4S2/c1-3-30-21(28)25-11-9-15-16(12-25)32-18-17(15)19(27)26(20(31)23-18)24-22-10-8-13-4-6-14(29-2)7-5-13/h4-8,10,22,24H,3,9,11-12H2,1-2H3,(H,23,31)/b10-8+. The van der Waals surface area contributed by atoms with Crippen molar-refractivity contribution in [3.8, 4) is 5.75 Å². The Hall–Kier alpha value is -3.31. The summed E-state index contributed by atoms with van der Waals surface area (Å²) in [6, 6.07) is 7.56. The van der Waals surface area contributed by atoms with Crippen LogP contribution in [0, 0.1) is 4.77 Å². The van der Waals surface area contributed by atoms with E-state index in [4.69, 9.17) is 21.7 Å². The number of benzene rings is 1. The Morgan fingerprint density at radius 2 is 2.12 bits per heavy atom. The van der Waals surface area contributed by atoms with E-state index >= 15 is 0 Å². The zero-order valence-electron chi connectivity index (χ0n) is 17.6. The first-order valence-electron chi connectivity index (χ1n) is 10.0. The van der Waals surface area contributed by atoms with E-state index in [0.29, 0.717) is 36.3 Å². The van der Waals surface area contributed by atoms with Gasteiger partial charge in [0, 0.05) is 17.6 Å². The summed E-state index contributed by atoms with van der Waals surface area (Å²) in [6.07, 6.45) is 3.77. The van der Waals surface area contributed by atoms with Crippen LogP contribution in [-0.4, -0.2) is 40.9 Å². The molecule has 1 amide bonds. The van der Waals surface area contributed by atoms with Gasteiger partial charge in [-0.05, 0) is 54.9 Å². The Balaban J connectivity index is 1.53. The van der Waals surface area contributed by atoms with Crippen molar-refractivity contribution in [2.75, 3.05) is 25.8 Å². The van der Waals surface area contributed by atoms with Gasteiger partial charge in [-0.15, -0.1) is 11.3 Å². The van der Waals surface area contributed by atoms with Crippen molar-refractivity contribution in [2.45, 2.75) is 19.9 Å². The fourth-order valence-electron chi connectivity index (χ4n) is 3.50. The third-order valence-electron chi connectivity index (χ3n) is 5.07. The number of thiophene rings is 1. The molecule has 1 aromatic carbocycles. The van der Waals surface area contributed by atoms with Crippen molar-refractivity contribution in [3.63, 3.8) is 0 Å². The number of rotatable bonds is 6. The van der Waals surface area contributed by atoms with Gasteiger partial charge in [0.05, 0.1) is 25.6 Å². The number of hydrogen-bond donors (Lipinski definition) is 3. The van der Waals surface area contributed by atoms with E-state index in [1.54, 1.807) is 25.1 Å². The van der Waals surface area contributed by atoms with E-state index in [9.17, 15) is 9.59 Å². The molecule has 0 bridgehead atoms. The summed E-state index contributed by atoms with van der Waals surface area (Å²) in [7, 11) is 1.62. The van der Waals surface area contributed by atoms with E-state index in [-0.39, 0.29) is 16.4 Å². The molecule has 0 unspecified atom stereocenters. The summed E-state index contributed by atoms with van der Waals surface area (Å²) in [4.78, 5) is 31.7. The fraction of sp³-hybridized carbons (Fsp3) is 0.286. The normalized spacial score (nSPS) is 13.2. The largest absolute Gasteiger partial charge is 0.497 e. The topological polar surface area (TPSA) is 101 Å². The van der Waals surface area contributed by atoms with Gasteiger partial charge >= 0.3 is 6.09 Å². The molecule has 0 saturated heterocycles. The molecule has 2 aromatic heterocycles. The second-order valence-electron chi connectivity index (χ2n) is 7.01. The van der Waals surface area contributed by atoms with Crippen molar-refractivity contribution in [1.82, 2.24) is 20.0 Å². The summed E-state index contributed by atoms with van der Waals surface area (Å²) >= 11 is 6.81. The van der Waals surface area contributed by atoms with Crippen LogP contribution in [0.3, 0.4) is 0 Å². The lowest BCUT2D eigenvalue weighted by molar-refractivity contribution is 0.103. The molecule has 9 nitrogen and oxygen atoms in total. The van der Waals surface area contributed by atoms with Gasteiger partial charge in [0.1, 0.15) is 10.6 Å². The minimum Gasteiger partial charge on any atom is -0.497 e. The Morgan fingerprint density at radius 3 is 2.84 bits per heavy atom. The second kappa shape index (κ2) is 9.45. The van der Waals surface area contributed by atoms with Crippen LogP contribution in [0.1, 0.15) is 22.9 Å². The van der Waals surface area contributed by atoms with Gasteiger partial charge in [-0.25, -0.2) is 10.3 Å². The summed E-state index contributed by atoms with van der Waals surface area (Å²) in [5, 5.41) is 0.593. The van der Waals surface area contributed by atoms with Gasteiger partial charge in [-0.2, -0.15) is 4.68 Å². The Kier molecular flexibility index (Phi) is 6.47. The van der Waals surface area contributed by atoms with Crippen LogP contribution in [0.25, 0.3) is 16.3 Å². The van der Waals surface area contributed by atoms with Crippen LogP contribution in [-0.2, 0) is 17.7 Å². The maximum absolute atomic E-state index is 13.2. The third-order valence-corrected chi connectivity index (χ3v) is 6.49. The zero-order chi connectivity index (χ0) is 22.7. The summed E-state index contributed by atoms with van der Waals surface area (Å²) in [5.41, 5.74) is 7.39. The molecule has 1 aliphatic rings. The van der Waals surface area contributed by atoms with Gasteiger partial charge in [0.2, 0.25) is 4.77 Å². The third kappa shape index (κ3) is 4.34. The average molecular weight is 474 g/mol. The molecular formula is C21H23N5O4S2. The monoisotopic (exact) mass is 473 g/mol. The first kappa shape index (κ1) is 21.9. The highest BCUT2D eigenvalue weighted by Crippen LogP contribution is 2.32. The van der Waals surface area contributed by atoms with Crippen molar-refractivity contribution >= 4 is 45.9 Å². The number of carbonyl (C=O) groups is 1. The minimum absolute atomic E-state index is 0.240. The Bertz CT molecular complexity index is 1280. The van der Waals surface area contributed by atoms with Crippen molar-refractivity contribution < 1.29 is 14.3 Å². The highest BCUT2D eigenvalue weighted by atomic mass is 32.1. The molecule has 168 valence electrons. The number of amides is 1. The number of hydrazine groups is 1. The quantitative estimate of drug-likeness (QED) is 0.373. The Labute approximate surface area is 193 Å². The van der Waals surface area contributed by atoms with Gasteiger partial charge in [0.15, 0.2) is 0 Å². The van der Waals surface area contributed by atoms with E-state index in [1.807, 2.05) is 30.3 Å². The van der Waals surface area contributed by atoms with E-state index in [1.165, 1.54) is 16.0 Å². The minimum atomic E-state index is -0.338. The van der Waals surface area contributed by atoms with Gasteiger partial charge in [-0.3, -0.25) is 10.2 Å². The molecule has 1 aliphatic heterocycles. The number of carbonyl (C=O) groups excluding carboxylic acids is 1. The number of H-pyrrole nitrogens is 1. The molecule has 3 aromatic rings. The summed E-state index contributed by atoms with van der Waals surface area (Å²) < 4.78 is 11.8. The predicted molar refractivity (Wildman–Crippen MR) is 127 cm³/mol. The van der Waals surface area contributed by atoms with Crippen LogP contribution in [0.15, 0.2) is 35.3 Å². The molecule has 3 N–H and O–H groups in total. The van der Waals surface area contributed by atoms with Gasteiger partial charge in [0.25, 0.3) is 5.56 Å². The number of aromatic amines is 1. The summed E-state index contributed by atoms with van der Waals surface area (Å²) in [5.74, 6) is 0.781. The van der Waals surface area contributed by atoms with Crippen LogP contribution in [0.2, 0.25) is 0 Å². The molecule has 0 atom stereocenters. The number of nitrogens with zero attached hydrogens (tertiary/aromatic N) is 2. The van der Waals surface area contributed by atoms with Crippen molar-refractivity contribution in [1.29, 1.82) is 0 Å². The smallest absolute Gasteiger partial charge is 0.410 e. The van der Waals surface area contributed by atoms with E-state index < -0.39 is 0 Å². The number of nitrogens with one attached hydrogen (secondary N) is 3. The van der Waals surface area contributed by atoms with Crippen LogP contribution >= 0.6 is 23.6 Å². The van der Waals surface area contributed by atoms with Crippen molar-refractivity contribution in [2.24, 2.45) is 0 Å². The highest BCUT2D eigenvalue weighted by molar-refractivity contribution is 7.71. The number of fused-ring (bicyclic) bond motifs is 3. The van der Waals surface area contributed by atoms with E-state index in [2.05, 4.69) is 15.9 Å². The molecule has 0 fully saturated rings. The first-order valence-corrected chi connectivity index (χ1v) is 11.3. The molecule has 0 radical (unpaired) electrons. The lowest BCUT2D eigenvalue weighted by Gasteiger charge is -2.25. The molecule has 3 heterocycles. The van der Waals surface area contributed by atoms with Crippen LogP contribution in [0.4, 0.5) is 4.79 Å². The Morgan fingerprint density at radius 1 is 1.34 bits per heavy atom. The lowest BCUT2D eigenvalue weighted by atomic mass is 10.1. The predicted octanol–water partition coefficient (Wildman–Crippen LogP) is 3.36. The molecule has 32 heavy (non-hydrogen) atoms. The maximum atomic E-state index is 13.2. The van der Waals surface area contributed by atoms with Crippen LogP contribution in [0.5, 0.6) is 5.75 Å².